The molecule has 4 amide bonds. The van der Waals surface area contributed by atoms with Gasteiger partial charge in [0.1, 0.15) is 21.2 Å². The highest BCUT2D eigenvalue weighted by Gasteiger charge is 2.33. The largest absolute Gasteiger partial charge is 0.457 e. The van der Waals surface area contributed by atoms with Crippen molar-refractivity contribution in [3.05, 3.63) is 83.9 Å². The maximum atomic E-state index is 13.4. The Morgan fingerprint density at radius 1 is 1.19 bits per heavy atom. The Morgan fingerprint density at radius 3 is 2.81 bits per heavy atom. The summed E-state index contributed by atoms with van der Waals surface area (Å²) in [5.41, 5.74) is 2.85. The topological polar surface area (TPSA) is 116 Å². The van der Waals surface area contributed by atoms with Crippen LogP contribution in [-0.2, 0) is 4.79 Å². The molecule has 2 aliphatic rings. The number of pyridine rings is 1. The molecular weight excluding hydrogens is 573 g/mol. The van der Waals surface area contributed by atoms with Crippen molar-refractivity contribution in [2.75, 3.05) is 27.4 Å². The van der Waals surface area contributed by atoms with Gasteiger partial charge in [0.2, 0.25) is 5.91 Å². The first-order valence-electron chi connectivity index (χ1n) is 13.4. The van der Waals surface area contributed by atoms with Crippen LogP contribution in [0.25, 0.3) is 10.2 Å². The van der Waals surface area contributed by atoms with Gasteiger partial charge in [-0.15, -0.1) is 11.3 Å². The number of amides is 4. The molecule has 42 heavy (non-hydrogen) atoms. The smallest absolute Gasteiger partial charge is 0.338 e. The van der Waals surface area contributed by atoms with Crippen LogP contribution in [0.1, 0.15) is 28.1 Å². The molecule has 1 unspecified atom stereocenters. The van der Waals surface area contributed by atoms with Crippen molar-refractivity contribution in [1.82, 2.24) is 15.2 Å². The summed E-state index contributed by atoms with van der Waals surface area (Å²) >= 11 is 2.36. The zero-order valence-electron chi connectivity index (χ0n) is 22.8. The zero-order valence-corrected chi connectivity index (χ0v) is 24.4. The van der Waals surface area contributed by atoms with Crippen LogP contribution in [0.3, 0.4) is 0 Å². The van der Waals surface area contributed by atoms with E-state index in [0.717, 1.165) is 42.0 Å². The van der Waals surface area contributed by atoms with Gasteiger partial charge in [-0.2, -0.15) is 0 Å². The van der Waals surface area contributed by atoms with Crippen LogP contribution in [0.2, 0.25) is 0 Å². The van der Waals surface area contributed by atoms with Crippen molar-refractivity contribution in [1.29, 1.82) is 0 Å². The Hall–Kier alpha value is -4.55. The molecule has 12 heteroatoms. The fraction of sp³-hybridized carbons (Fsp3) is 0.200. The summed E-state index contributed by atoms with van der Waals surface area (Å²) in [7, 11) is 0. The normalized spacial score (nSPS) is 16.1. The van der Waals surface area contributed by atoms with Gasteiger partial charge in [-0.25, -0.2) is 14.1 Å². The molecule has 0 radical (unpaired) electrons. The summed E-state index contributed by atoms with van der Waals surface area (Å²) in [4.78, 5) is 45.9. The van der Waals surface area contributed by atoms with Crippen LogP contribution < -0.4 is 24.4 Å². The van der Waals surface area contributed by atoms with Crippen LogP contribution in [0, 0.1) is 6.92 Å². The van der Waals surface area contributed by atoms with Gasteiger partial charge in [0.25, 0.3) is 5.91 Å². The van der Waals surface area contributed by atoms with Crippen LogP contribution in [0.15, 0.2) is 73.4 Å². The van der Waals surface area contributed by atoms with Crippen molar-refractivity contribution < 1.29 is 19.1 Å². The Bertz CT molecular complexity index is 1690. The van der Waals surface area contributed by atoms with Gasteiger partial charge in [0.05, 0.1) is 28.9 Å². The summed E-state index contributed by atoms with van der Waals surface area (Å²) in [6.45, 7) is 6.58. The number of aromatic nitrogens is 1. The lowest BCUT2D eigenvalue weighted by atomic mass is 10.1. The van der Waals surface area contributed by atoms with Gasteiger partial charge in [0.15, 0.2) is 0 Å². The number of piperidine rings is 1. The number of nitrogens with one attached hydrogen (secondary N) is 3. The van der Waals surface area contributed by atoms with Crippen molar-refractivity contribution in [3.63, 3.8) is 0 Å². The lowest BCUT2D eigenvalue weighted by Crippen LogP contribution is -2.49. The minimum absolute atomic E-state index is 0.148. The summed E-state index contributed by atoms with van der Waals surface area (Å²) < 4.78 is 10.7. The van der Waals surface area contributed by atoms with Crippen LogP contribution >= 0.6 is 23.5 Å². The molecule has 1 atom stereocenters. The van der Waals surface area contributed by atoms with E-state index in [1.54, 1.807) is 17.2 Å². The molecular formula is C30H28N6O4S2. The van der Waals surface area contributed by atoms with Crippen LogP contribution in [0.4, 0.5) is 21.9 Å². The lowest BCUT2D eigenvalue weighted by Gasteiger charge is -2.32. The molecule has 6 rings (SSSR count). The van der Waals surface area contributed by atoms with E-state index in [2.05, 4.69) is 26.9 Å². The lowest BCUT2D eigenvalue weighted by molar-refractivity contribution is -0.127. The van der Waals surface area contributed by atoms with Gasteiger partial charge in [0, 0.05) is 31.0 Å². The Kier molecular flexibility index (Phi) is 7.72. The van der Waals surface area contributed by atoms with E-state index in [1.165, 1.54) is 21.7 Å². The second-order valence-electron chi connectivity index (χ2n) is 9.93. The first kappa shape index (κ1) is 27.6. The van der Waals surface area contributed by atoms with E-state index in [9.17, 15) is 14.4 Å². The van der Waals surface area contributed by atoms with Crippen molar-refractivity contribution in [3.8, 4) is 11.5 Å². The third kappa shape index (κ3) is 5.50. The second-order valence-corrected chi connectivity index (χ2v) is 11.7. The Morgan fingerprint density at radius 2 is 2.02 bits per heavy atom. The fourth-order valence-electron chi connectivity index (χ4n) is 5.02. The van der Waals surface area contributed by atoms with Gasteiger partial charge < -0.3 is 25.0 Å². The Balaban J connectivity index is 1.18. The van der Waals surface area contributed by atoms with Crippen molar-refractivity contribution in [2.45, 2.75) is 25.8 Å². The zero-order chi connectivity index (χ0) is 29.2. The molecule has 0 spiro atoms. The average Bonchev–Trinajstić information content (AvgIpc) is 3.37. The van der Waals surface area contributed by atoms with Crippen LogP contribution in [0.5, 0.6) is 11.5 Å². The molecule has 2 aliphatic heterocycles. The molecule has 10 nitrogen and oxygen atoms in total. The van der Waals surface area contributed by atoms with Gasteiger partial charge in [-0.1, -0.05) is 24.8 Å². The predicted molar refractivity (Wildman–Crippen MR) is 167 cm³/mol. The van der Waals surface area contributed by atoms with E-state index in [-0.39, 0.29) is 23.9 Å². The highest BCUT2D eigenvalue weighted by Crippen LogP contribution is 2.45. The maximum absolute atomic E-state index is 13.4. The van der Waals surface area contributed by atoms with E-state index in [1.807, 2.05) is 55.5 Å². The first-order valence-corrected chi connectivity index (χ1v) is 15.0. The third-order valence-corrected chi connectivity index (χ3v) is 9.03. The third-order valence-electron chi connectivity index (χ3n) is 7.08. The molecule has 214 valence electrons. The Labute approximate surface area is 251 Å². The number of ether oxygens (including phenoxy) is 1. The number of likely N-dealkylation sites (tertiary alicyclic amines) is 1. The van der Waals surface area contributed by atoms with E-state index in [4.69, 9.17) is 4.74 Å². The van der Waals surface area contributed by atoms with Gasteiger partial charge >= 0.3 is 6.03 Å². The number of hydrogen-bond donors (Lipinski definition) is 3. The van der Waals surface area contributed by atoms with E-state index < -0.39 is 0 Å². The highest BCUT2D eigenvalue weighted by molar-refractivity contribution is 8.02. The van der Waals surface area contributed by atoms with Gasteiger partial charge in [-0.3, -0.25) is 9.59 Å². The highest BCUT2D eigenvalue weighted by atomic mass is 32.2. The molecule has 0 aliphatic carbocycles. The molecule has 1 saturated heterocycles. The first-order chi connectivity index (χ1) is 20.4. The molecule has 4 aromatic rings. The summed E-state index contributed by atoms with van der Waals surface area (Å²) in [6.07, 6.45) is 4.47. The minimum Gasteiger partial charge on any atom is -0.457 e. The minimum atomic E-state index is -0.387. The average molecular weight is 601 g/mol. The number of aryl methyl sites for hydroxylation is 1. The molecule has 3 N–H and O–H groups in total. The molecule has 4 heterocycles. The number of benzene rings is 2. The summed E-state index contributed by atoms with van der Waals surface area (Å²) in [5.74, 6) is 1.01. The van der Waals surface area contributed by atoms with Gasteiger partial charge in [-0.05, 0) is 67.8 Å². The number of nitrogens with zero attached hydrogens (tertiary/aromatic N) is 3. The number of para-hydroxylation sites is 1. The number of thiophene rings is 1. The molecule has 2 aromatic carbocycles. The van der Waals surface area contributed by atoms with E-state index >= 15 is 0 Å². The molecule has 0 bridgehead atoms. The van der Waals surface area contributed by atoms with Crippen molar-refractivity contribution >= 4 is 68.6 Å². The number of hydrogen-bond acceptors (Lipinski definition) is 8. The number of rotatable bonds is 8. The predicted octanol–water partition coefficient (Wildman–Crippen LogP) is 6.33. The maximum Gasteiger partial charge on any atom is 0.338 e. The molecule has 0 saturated carbocycles. The van der Waals surface area contributed by atoms with Crippen molar-refractivity contribution in [2.24, 2.45) is 0 Å². The number of carbonyl (C=O) groups is 3. The number of carbonyl (C=O) groups excluding carboxylic acids is 3. The monoisotopic (exact) mass is 600 g/mol. The summed E-state index contributed by atoms with van der Waals surface area (Å²) in [5, 5.41) is 6.65. The molecule has 2 aromatic heterocycles. The van der Waals surface area contributed by atoms with Crippen LogP contribution in [-0.4, -0.2) is 46.9 Å². The SMILES string of the molecule is C=CC(=O)N1CCCC(NC(=O)c2sc3nccc4c3c2NC(=O)N4SNc2ccc(Oc3ccccc3)cc2C)C1. The second kappa shape index (κ2) is 11.7. The molecule has 1 fully saturated rings. The number of anilines is 3. The summed E-state index contributed by atoms with van der Waals surface area (Å²) in [6, 6.07) is 16.4. The fourth-order valence-corrected chi connectivity index (χ4v) is 6.84. The van der Waals surface area contributed by atoms with E-state index in [0.29, 0.717) is 45.3 Å². The standard InChI is InChI=1S/C30H28N6O4S2/c1-3-24(37)35-15-7-8-19(17-35)32-28(38)27-26-25-23(13-14-31-29(25)41-27)36(30(39)33-26)42-34-22-12-11-21(16-18(22)2)40-20-9-5-4-6-10-20/h3-6,9-14,16,19,34H,1,7-8,15,17H2,2H3,(H,32,38)(H,33,39). The number of urea groups is 1. The quantitative estimate of drug-likeness (QED) is 0.160.